The topological polar surface area (TPSA) is 95.0 Å². The number of benzene rings is 1. The lowest BCUT2D eigenvalue weighted by Crippen LogP contribution is -2.53. The molecule has 130 valence electrons. The zero-order valence-corrected chi connectivity index (χ0v) is 15.2. The summed E-state index contributed by atoms with van der Waals surface area (Å²) in [6.45, 7) is 3.69. The molecule has 2 rings (SSSR count). The Morgan fingerprint density at radius 3 is 2.17 bits per heavy atom. The van der Waals surface area contributed by atoms with E-state index in [0.717, 1.165) is 15.5 Å². The van der Waals surface area contributed by atoms with Gasteiger partial charge in [-0.15, -0.1) is 4.41 Å². The van der Waals surface area contributed by atoms with Gasteiger partial charge < -0.3 is 5.11 Å². The zero-order valence-electron chi connectivity index (χ0n) is 13.6. The normalized spacial score (nSPS) is 24.5. The largest absolute Gasteiger partial charge is 0.390 e. The highest BCUT2D eigenvalue weighted by Gasteiger charge is 2.46. The molecule has 1 aromatic carbocycles. The highest BCUT2D eigenvalue weighted by Crippen LogP contribution is 2.27. The fraction of sp³-hybridized carbons (Fsp3) is 0.571. The molecule has 1 heterocycles. The van der Waals surface area contributed by atoms with Crippen LogP contribution in [0.3, 0.4) is 0 Å². The molecule has 1 fully saturated rings. The summed E-state index contributed by atoms with van der Waals surface area (Å²) in [5, 5.41) is 11.3. The molecule has 0 aliphatic carbocycles. The van der Waals surface area contributed by atoms with Crippen molar-refractivity contribution >= 4 is 19.9 Å². The summed E-state index contributed by atoms with van der Waals surface area (Å²) in [5.74, 6) is -0.819. The van der Waals surface area contributed by atoms with Crippen molar-refractivity contribution in [3.05, 3.63) is 29.3 Å². The lowest BCUT2D eigenvalue weighted by Gasteiger charge is -2.34. The summed E-state index contributed by atoms with van der Waals surface area (Å²) in [6.07, 6.45) is -1.25. The van der Waals surface area contributed by atoms with E-state index in [0.29, 0.717) is 0 Å². The van der Waals surface area contributed by atoms with Gasteiger partial charge in [0.25, 0.3) is 10.0 Å². The van der Waals surface area contributed by atoms with Crippen molar-refractivity contribution < 1.29 is 21.9 Å². The van der Waals surface area contributed by atoms with Crippen LogP contribution in [0.2, 0.25) is 0 Å². The van der Waals surface area contributed by atoms with Crippen LogP contribution in [0.4, 0.5) is 0 Å². The van der Waals surface area contributed by atoms with Gasteiger partial charge in [-0.2, -0.15) is 0 Å². The van der Waals surface area contributed by atoms with Gasteiger partial charge in [-0.05, 0) is 37.1 Å². The van der Waals surface area contributed by atoms with E-state index in [2.05, 4.69) is 0 Å². The van der Waals surface area contributed by atoms with E-state index in [9.17, 15) is 21.9 Å². The predicted molar refractivity (Wildman–Crippen MR) is 87.1 cm³/mol. The van der Waals surface area contributed by atoms with Crippen LogP contribution >= 0.6 is 0 Å². The van der Waals surface area contributed by atoms with Gasteiger partial charge in [-0.25, -0.2) is 21.8 Å². The summed E-state index contributed by atoms with van der Waals surface area (Å²) in [4.78, 5) is 0.0748. The molecule has 0 saturated carbocycles. The van der Waals surface area contributed by atoms with E-state index in [4.69, 9.17) is 0 Å². The predicted octanol–water partition coefficient (Wildman–Crippen LogP) is -0.0714. The van der Waals surface area contributed by atoms with Crippen molar-refractivity contribution in [2.75, 3.05) is 25.6 Å². The Morgan fingerprint density at radius 2 is 1.74 bits per heavy atom. The average molecular weight is 362 g/mol. The Kier molecular flexibility index (Phi) is 4.89. The van der Waals surface area contributed by atoms with Gasteiger partial charge in [0.15, 0.2) is 9.84 Å². The van der Waals surface area contributed by atoms with Gasteiger partial charge in [0.1, 0.15) is 0 Å². The van der Waals surface area contributed by atoms with Crippen molar-refractivity contribution in [2.24, 2.45) is 0 Å². The molecule has 23 heavy (non-hydrogen) atoms. The number of sulfonamides is 1. The van der Waals surface area contributed by atoms with Gasteiger partial charge in [0.05, 0.1) is 28.5 Å². The Morgan fingerprint density at radius 1 is 1.13 bits per heavy atom. The van der Waals surface area contributed by atoms with Crippen LogP contribution in [0, 0.1) is 13.8 Å². The minimum absolute atomic E-state index is 0.0748. The summed E-state index contributed by atoms with van der Waals surface area (Å²) >= 11 is 0. The van der Waals surface area contributed by atoms with E-state index in [1.165, 1.54) is 25.2 Å². The quantitative estimate of drug-likeness (QED) is 0.754. The molecule has 9 heteroatoms. The first kappa shape index (κ1) is 18.3. The van der Waals surface area contributed by atoms with Crippen LogP contribution in [-0.4, -0.2) is 69.1 Å². The molecule has 1 aliphatic heterocycles. The SMILES string of the molecule is Cc1ccc(S(=O)(=O)N([C@H]2CS(=O)(=O)C[C@@H]2O)N(C)C)cc1C. The summed E-state index contributed by atoms with van der Waals surface area (Å²) in [5.41, 5.74) is 1.79. The third kappa shape index (κ3) is 3.58. The van der Waals surface area contributed by atoms with Crippen LogP contribution in [0.15, 0.2) is 23.1 Å². The second kappa shape index (κ2) is 6.14. The third-order valence-corrected chi connectivity index (χ3v) is 7.63. The molecule has 0 unspecified atom stereocenters. The Balaban J connectivity index is 2.50. The maximum atomic E-state index is 13.0. The van der Waals surface area contributed by atoms with Crippen molar-refractivity contribution in [2.45, 2.75) is 30.9 Å². The average Bonchev–Trinajstić information content (AvgIpc) is 2.65. The minimum Gasteiger partial charge on any atom is -0.390 e. The van der Waals surface area contributed by atoms with Crippen molar-refractivity contribution in [1.82, 2.24) is 9.42 Å². The van der Waals surface area contributed by atoms with Crippen LogP contribution < -0.4 is 0 Å². The highest BCUT2D eigenvalue weighted by molar-refractivity contribution is 7.92. The van der Waals surface area contributed by atoms with Crippen molar-refractivity contribution in [1.29, 1.82) is 0 Å². The molecule has 0 bridgehead atoms. The molecule has 0 aromatic heterocycles. The standard InChI is InChI=1S/C14H22N2O5S2/c1-10-5-6-12(7-11(10)2)23(20,21)16(15(3)4)13-8-22(18,19)9-14(13)17/h5-7,13-14,17H,8-9H2,1-4H3/t13-,14-/m0/s1. The maximum Gasteiger partial charge on any atom is 0.256 e. The molecule has 0 radical (unpaired) electrons. The molecule has 1 saturated heterocycles. The van der Waals surface area contributed by atoms with E-state index >= 15 is 0 Å². The van der Waals surface area contributed by atoms with Crippen LogP contribution in [-0.2, 0) is 19.9 Å². The molecule has 1 N–H and O–H groups in total. The van der Waals surface area contributed by atoms with Gasteiger partial charge >= 0.3 is 0 Å². The molecule has 0 amide bonds. The van der Waals surface area contributed by atoms with E-state index in [1.54, 1.807) is 12.1 Å². The summed E-state index contributed by atoms with van der Waals surface area (Å²) < 4.78 is 50.4. The van der Waals surface area contributed by atoms with Crippen molar-refractivity contribution in [3.63, 3.8) is 0 Å². The van der Waals surface area contributed by atoms with Crippen LogP contribution in [0.25, 0.3) is 0 Å². The zero-order chi connectivity index (χ0) is 17.6. The number of hydrazine groups is 1. The molecule has 7 nitrogen and oxygen atoms in total. The van der Waals surface area contributed by atoms with Gasteiger partial charge in [-0.1, -0.05) is 6.07 Å². The maximum absolute atomic E-state index is 13.0. The summed E-state index contributed by atoms with van der Waals surface area (Å²) in [7, 11) is -4.41. The second-order valence-corrected chi connectivity index (χ2v) is 10.0. The number of aryl methyl sites for hydroxylation is 2. The van der Waals surface area contributed by atoms with Gasteiger partial charge in [-0.3, -0.25) is 0 Å². The molecule has 1 aliphatic rings. The molecule has 2 atom stereocenters. The Bertz CT molecular complexity index is 802. The van der Waals surface area contributed by atoms with E-state index in [1.807, 2.05) is 13.8 Å². The monoisotopic (exact) mass is 362 g/mol. The smallest absolute Gasteiger partial charge is 0.256 e. The van der Waals surface area contributed by atoms with Gasteiger partial charge in [0, 0.05) is 14.1 Å². The van der Waals surface area contributed by atoms with E-state index in [-0.39, 0.29) is 4.90 Å². The number of rotatable bonds is 4. The Labute approximate surface area is 137 Å². The lowest BCUT2D eigenvalue weighted by molar-refractivity contribution is 0.0272. The second-order valence-electron chi connectivity index (χ2n) is 6.08. The number of aliphatic hydroxyl groups excluding tert-OH is 1. The minimum atomic E-state index is -3.97. The van der Waals surface area contributed by atoms with Crippen molar-refractivity contribution in [3.8, 4) is 0 Å². The first-order valence-electron chi connectivity index (χ1n) is 7.13. The van der Waals surface area contributed by atoms with Gasteiger partial charge in [0.2, 0.25) is 0 Å². The lowest BCUT2D eigenvalue weighted by atomic mass is 10.1. The highest BCUT2D eigenvalue weighted by atomic mass is 32.2. The van der Waals surface area contributed by atoms with E-state index < -0.39 is 43.5 Å². The fourth-order valence-electron chi connectivity index (χ4n) is 2.69. The number of sulfone groups is 1. The van der Waals surface area contributed by atoms with Crippen LogP contribution in [0.1, 0.15) is 11.1 Å². The number of hydrogen-bond donors (Lipinski definition) is 1. The molecule has 0 spiro atoms. The molecule has 1 aromatic rings. The third-order valence-electron chi connectivity index (χ3n) is 3.99. The van der Waals surface area contributed by atoms with Crippen LogP contribution in [0.5, 0.6) is 0 Å². The Hall–Kier alpha value is -1.00. The summed E-state index contributed by atoms with van der Waals surface area (Å²) in [6, 6.07) is 3.72. The first-order valence-corrected chi connectivity index (χ1v) is 10.4. The first-order chi connectivity index (χ1) is 10.5. The molecular formula is C14H22N2O5S2. The number of aliphatic hydroxyl groups is 1. The molecular weight excluding hydrogens is 340 g/mol. The number of nitrogens with zero attached hydrogens (tertiary/aromatic N) is 2. The number of hydrogen-bond acceptors (Lipinski definition) is 6. The fourth-order valence-corrected chi connectivity index (χ4v) is 6.33.